The molecule has 1 heterocycles. The highest BCUT2D eigenvalue weighted by molar-refractivity contribution is 5.89. The molecular weight excluding hydrogens is 319 g/mol. The van der Waals surface area contributed by atoms with Crippen molar-refractivity contribution in [1.29, 1.82) is 0 Å². The lowest BCUT2D eigenvalue weighted by Crippen LogP contribution is -2.32. The van der Waals surface area contributed by atoms with Crippen molar-refractivity contribution in [3.05, 3.63) is 71.9 Å². The molecule has 2 aromatic carbocycles. The molecule has 0 aliphatic rings. The number of imidazole rings is 1. The van der Waals surface area contributed by atoms with Crippen LogP contribution in [0.2, 0.25) is 0 Å². The molecular formula is C19H19FN4O. The van der Waals surface area contributed by atoms with E-state index in [2.05, 4.69) is 20.6 Å². The van der Waals surface area contributed by atoms with Crippen molar-refractivity contribution >= 4 is 11.7 Å². The zero-order chi connectivity index (χ0) is 17.8. The van der Waals surface area contributed by atoms with Gasteiger partial charge in [0.1, 0.15) is 11.6 Å². The maximum Gasteiger partial charge on any atom is 0.319 e. The number of urea groups is 1. The highest BCUT2D eigenvalue weighted by atomic mass is 19.1. The Morgan fingerprint density at radius 1 is 1.20 bits per heavy atom. The molecule has 0 aliphatic heterocycles. The lowest BCUT2D eigenvalue weighted by Gasteiger charge is -2.13. The Bertz CT molecular complexity index is 876. The van der Waals surface area contributed by atoms with E-state index < -0.39 is 11.8 Å². The molecule has 3 rings (SSSR count). The highest BCUT2D eigenvalue weighted by Gasteiger charge is 2.14. The third-order valence-electron chi connectivity index (χ3n) is 3.81. The summed E-state index contributed by atoms with van der Waals surface area (Å²) in [4.78, 5) is 19.6. The maximum absolute atomic E-state index is 13.7. The number of aryl methyl sites for hydroxylation is 1. The number of nitrogens with zero attached hydrogens (tertiary/aromatic N) is 1. The summed E-state index contributed by atoms with van der Waals surface area (Å²) in [5.74, 6) is 0.150. The first-order valence-electron chi connectivity index (χ1n) is 7.97. The maximum atomic E-state index is 13.7. The zero-order valence-corrected chi connectivity index (χ0v) is 14.0. The van der Waals surface area contributed by atoms with Crippen molar-refractivity contribution in [3.8, 4) is 11.3 Å². The summed E-state index contributed by atoms with van der Waals surface area (Å²) in [5, 5.41) is 5.27. The second-order valence-corrected chi connectivity index (χ2v) is 5.85. The summed E-state index contributed by atoms with van der Waals surface area (Å²) >= 11 is 0. The van der Waals surface area contributed by atoms with Gasteiger partial charge in [0, 0.05) is 0 Å². The molecule has 0 spiro atoms. The lowest BCUT2D eigenvalue weighted by atomic mass is 10.2. The molecule has 3 N–H and O–H groups in total. The molecule has 1 aromatic heterocycles. The van der Waals surface area contributed by atoms with Crippen LogP contribution in [0.25, 0.3) is 11.3 Å². The predicted molar refractivity (Wildman–Crippen MR) is 95.7 cm³/mol. The van der Waals surface area contributed by atoms with Gasteiger partial charge in [-0.15, -0.1) is 0 Å². The number of halogens is 1. The number of benzene rings is 2. The molecule has 0 radical (unpaired) electrons. The van der Waals surface area contributed by atoms with Gasteiger partial charge >= 0.3 is 6.03 Å². The smallest absolute Gasteiger partial charge is 0.319 e. The van der Waals surface area contributed by atoms with Gasteiger partial charge in [-0.2, -0.15) is 0 Å². The standard InChI is InChI=1S/C19H19FN4O/c1-12-8-9-15(20)16(10-12)24-19(25)22-13(2)18-21-11-17(23-18)14-6-4-3-5-7-14/h3-11,13H,1-2H3,(H,21,23)(H2,22,24,25)/t13-/m1/s1. The monoisotopic (exact) mass is 338 g/mol. The van der Waals surface area contributed by atoms with E-state index in [-0.39, 0.29) is 11.7 Å². The van der Waals surface area contributed by atoms with E-state index in [1.807, 2.05) is 37.3 Å². The van der Waals surface area contributed by atoms with Gasteiger partial charge in [0.2, 0.25) is 0 Å². The number of amides is 2. The Labute approximate surface area is 145 Å². The summed E-state index contributed by atoms with van der Waals surface area (Å²) in [7, 11) is 0. The number of nitrogens with one attached hydrogen (secondary N) is 3. The summed E-state index contributed by atoms with van der Waals surface area (Å²) in [6.45, 7) is 3.64. The van der Waals surface area contributed by atoms with Gasteiger partial charge in [-0.05, 0) is 37.1 Å². The number of aromatic nitrogens is 2. The molecule has 1 atom stereocenters. The van der Waals surface area contributed by atoms with Gasteiger partial charge in [-0.1, -0.05) is 36.4 Å². The summed E-state index contributed by atoms with van der Waals surface area (Å²) in [6, 6.07) is 13.5. The van der Waals surface area contributed by atoms with Crippen LogP contribution in [-0.4, -0.2) is 16.0 Å². The van der Waals surface area contributed by atoms with Crippen molar-refractivity contribution in [1.82, 2.24) is 15.3 Å². The Morgan fingerprint density at radius 3 is 2.72 bits per heavy atom. The lowest BCUT2D eigenvalue weighted by molar-refractivity contribution is 0.249. The minimum Gasteiger partial charge on any atom is -0.340 e. The highest BCUT2D eigenvalue weighted by Crippen LogP contribution is 2.19. The van der Waals surface area contributed by atoms with Crippen molar-refractivity contribution in [2.24, 2.45) is 0 Å². The number of H-pyrrole nitrogens is 1. The molecule has 128 valence electrons. The fourth-order valence-corrected chi connectivity index (χ4v) is 2.48. The van der Waals surface area contributed by atoms with Crippen LogP contribution in [0.15, 0.2) is 54.7 Å². The number of anilines is 1. The number of carbonyl (C=O) groups is 1. The molecule has 0 saturated heterocycles. The number of aromatic amines is 1. The average molecular weight is 338 g/mol. The molecule has 0 fully saturated rings. The first-order chi connectivity index (χ1) is 12.0. The molecule has 5 nitrogen and oxygen atoms in total. The number of rotatable bonds is 4. The van der Waals surface area contributed by atoms with Gasteiger partial charge in [-0.3, -0.25) is 0 Å². The average Bonchev–Trinajstić information content (AvgIpc) is 3.09. The number of carbonyl (C=O) groups excluding carboxylic acids is 1. The van der Waals surface area contributed by atoms with Crippen LogP contribution in [0.5, 0.6) is 0 Å². The van der Waals surface area contributed by atoms with Gasteiger partial charge in [0.25, 0.3) is 0 Å². The van der Waals surface area contributed by atoms with E-state index in [1.54, 1.807) is 25.3 Å². The van der Waals surface area contributed by atoms with E-state index >= 15 is 0 Å². The van der Waals surface area contributed by atoms with Crippen LogP contribution < -0.4 is 10.6 Å². The molecule has 0 unspecified atom stereocenters. The topological polar surface area (TPSA) is 69.8 Å². The molecule has 6 heteroatoms. The largest absolute Gasteiger partial charge is 0.340 e. The molecule has 3 aromatic rings. The fourth-order valence-electron chi connectivity index (χ4n) is 2.48. The minimum absolute atomic E-state index is 0.147. The SMILES string of the molecule is Cc1ccc(F)c(NC(=O)N[C@H](C)c2ncc(-c3ccccc3)[nH]2)c1. The second-order valence-electron chi connectivity index (χ2n) is 5.85. The second kappa shape index (κ2) is 7.17. The van der Waals surface area contributed by atoms with E-state index in [4.69, 9.17) is 0 Å². The first kappa shape index (κ1) is 16.7. The molecule has 0 bridgehead atoms. The summed E-state index contributed by atoms with van der Waals surface area (Å²) in [6.07, 6.45) is 1.72. The Balaban J connectivity index is 1.66. The van der Waals surface area contributed by atoms with Crippen LogP contribution >= 0.6 is 0 Å². The fraction of sp³-hybridized carbons (Fsp3) is 0.158. The summed E-state index contributed by atoms with van der Waals surface area (Å²) in [5.41, 5.74) is 2.89. The van der Waals surface area contributed by atoms with E-state index in [0.717, 1.165) is 16.8 Å². The predicted octanol–water partition coefficient (Wildman–Crippen LogP) is 4.41. The van der Waals surface area contributed by atoms with Gasteiger partial charge in [0.15, 0.2) is 0 Å². The van der Waals surface area contributed by atoms with Crippen LogP contribution in [-0.2, 0) is 0 Å². The third-order valence-corrected chi connectivity index (χ3v) is 3.81. The van der Waals surface area contributed by atoms with Crippen molar-refractivity contribution < 1.29 is 9.18 Å². The molecule has 2 amide bonds. The van der Waals surface area contributed by atoms with E-state index in [0.29, 0.717) is 5.82 Å². The number of hydrogen-bond acceptors (Lipinski definition) is 2. The van der Waals surface area contributed by atoms with Crippen LogP contribution in [0, 0.1) is 12.7 Å². The van der Waals surface area contributed by atoms with E-state index in [1.165, 1.54) is 6.07 Å². The van der Waals surface area contributed by atoms with E-state index in [9.17, 15) is 9.18 Å². The molecule has 0 aliphatic carbocycles. The Hall–Kier alpha value is -3.15. The Morgan fingerprint density at radius 2 is 1.96 bits per heavy atom. The summed E-state index contributed by atoms with van der Waals surface area (Å²) < 4.78 is 13.7. The quantitative estimate of drug-likeness (QED) is 0.659. The van der Waals surface area contributed by atoms with Gasteiger partial charge in [-0.25, -0.2) is 14.2 Å². The first-order valence-corrected chi connectivity index (χ1v) is 7.97. The zero-order valence-electron chi connectivity index (χ0n) is 14.0. The van der Waals surface area contributed by atoms with Crippen molar-refractivity contribution in [2.75, 3.05) is 5.32 Å². The van der Waals surface area contributed by atoms with Crippen molar-refractivity contribution in [3.63, 3.8) is 0 Å². The normalized spacial score (nSPS) is 11.8. The molecule has 25 heavy (non-hydrogen) atoms. The number of hydrogen-bond donors (Lipinski definition) is 3. The van der Waals surface area contributed by atoms with Crippen LogP contribution in [0.1, 0.15) is 24.4 Å². The van der Waals surface area contributed by atoms with Crippen molar-refractivity contribution in [2.45, 2.75) is 19.9 Å². The minimum atomic E-state index is -0.491. The Kier molecular flexibility index (Phi) is 4.79. The van der Waals surface area contributed by atoms with Crippen LogP contribution in [0.3, 0.4) is 0 Å². The van der Waals surface area contributed by atoms with Gasteiger partial charge < -0.3 is 15.6 Å². The third kappa shape index (κ3) is 4.03. The molecule has 0 saturated carbocycles. The van der Waals surface area contributed by atoms with Crippen LogP contribution in [0.4, 0.5) is 14.9 Å². The van der Waals surface area contributed by atoms with Gasteiger partial charge in [0.05, 0.1) is 23.6 Å².